The maximum Gasteiger partial charge on any atom is 0.193 e. The van der Waals surface area contributed by atoms with E-state index in [1.807, 2.05) is 19.2 Å². The van der Waals surface area contributed by atoms with Gasteiger partial charge >= 0.3 is 0 Å². The first-order valence-electron chi connectivity index (χ1n) is 11.5. The molecule has 1 fully saturated rings. The highest BCUT2D eigenvalue weighted by atomic mass is 16.6. The third-order valence-electron chi connectivity index (χ3n) is 6.27. The molecular weight excluding hydrogens is 402 g/mol. The third-order valence-corrected chi connectivity index (χ3v) is 6.27. The lowest BCUT2D eigenvalue weighted by molar-refractivity contribution is 0.0906. The number of ether oxygens (including phenoxy) is 3. The van der Waals surface area contributed by atoms with Gasteiger partial charge in [-0.3, -0.25) is 4.99 Å². The molecule has 32 heavy (non-hydrogen) atoms. The summed E-state index contributed by atoms with van der Waals surface area (Å²) in [5.41, 5.74) is 2.36. The fraction of sp³-hybridized carbons (Fsp3) is 0.500. The summed E-state index contributed by atoms with van der Waals surface area (Å²) >= 11 is 0. The summed E-state index contributed by atoms with van der Waals surface area (Å²) in [5.74, 6) is 3.16. The van der Waals surface area contributed by atoms with Crippen LogP contribution in [-0.4, -0.2) is 57.4 Å². The first-order chi connectivity index (χ1) is 15.5. The Morgan fingerprint density at radius 1 is 1.12 bits per heavy atom. The third kappa shape index (κ3) is 5.54. The van der Waals surface area contributed by atoms with Crippen molar-refractivity contribution in [1.82, 2.24) is 10.2 Å². The molecule has 1 N–H and O–H groups in total. The molecule has 1 atom stereocenters. The lowest BCUT2D eigenvalue weighted by atomic mass is 9.84. The van der Waals surface area contributed by atoms with E-state index >= 15 is 0 Å². The zero-order valence-corrected chi connectivity index (χ0v) is 19.5. The van der Waals surface area contributed by atoms with Gasteiger partial charge in [0.1, 0.15) is 13.2 Å². The molecule has 0 spiro atoms. The number of benzene rings is 2. The molecule has 6 heteroatoms. The van der Waals surface area contributed by atoms with Crippen molar-refractivity contribution in [2.45, 2.75) is 32.3 Å². The van der Waals surface area contributed by atoms with Crippen molar-refractivity contribution in [3.8, 4) is 11.5 Å². The van der Waals surface area contributed by atoms with Crippen molar-refractivity contribution in [1.29, 1.82) is 0 Å². The smallest absolute Gasteiger partial charge is 0.193 e. The SMILES string of the molecule is CN=C(NCC(C)(C)c1ccc2c(c1)OCCO2)N1CCC(COCc2ccccc2)C1. The van der Waals surface area contributed by atoms with E-state index in [1.165, 1.54) is 11.1 Å². The monoisotopic (exact) mass is 437 g/mol. The molecule has 0 aromatic heterocycles. The Labute approximate surface area is 191 Å². The molecule has 6 nitrogen and oxygen atoms in total. The molecule has 0 saturated carbocycles. The first-order valence-corrected chi connectivity index (χ1v) is 11.5. The van der Waals surface area contributed by atoms with E-state index in [2.05, 4.69) is 65.5 Å². The predicted molar refractivity (Wildman–Crippen MR) is 128 cm³/mol. The van der Waals surface area contributed by atoms with Gasteiger partial charge in [-0.05, 0) is 29.7 Å². The van der Waals surface area contributed by atoms with Crippen LogP contribution < -0.4 is 14.8 Å². The number of guanidine groups is 1. The van der Waals surface area contributed by atoms with Crippen LogP contribution in [0.15, 0.2) is 53.5 Å². The molecule has 4 rings (SSSR count). The first kappa shape index (κ1) is 22.5. The summed E-state index contributed by atoms with van der Waals surface area (Å²) in [6.07, 6.45) is 1.13. The van der Waals surface area contributed by atoms with Crippen LogP contribution in [0.5, 0.6) is 11.5 Å². The van der Waals surface area contributed by atoms with Gasteiger partial charge in [0.2, 0.25) is 0 Å². The molecule has 0 radical (unpaired) electrons. The van der Waals surface area contributed by atoms with Gasteiger partial charge in [-0.2, -0.15) is 0 Å². The fourth-order valence-corrected chi connectivity index (χ4v) is 4.28. The topological polar surface area (TPSA) is 55.3 Å². The van der Waals surface area contributed by atoms with Crippen molar-refractivity contribution in [2.24, 2.45) is 10.9 Å². The minimum atomic E-state index is -0.0797. The van der Waals surface area contributed by atoms with E-state index in [4.69, 9.17) is 14.2 Å². The van der Waals surface area contributed by atoms with Crippen LogP contribution in [0.4, 0.5) is 0 Å². The minimum absolute atomic E-state index is 0.0797. The molecule has 2 heterocycles. The van der Waals surface area contributed by atoms with Crippen LogP contribution in [0.1, 0.15) is 31.4 Å². The highest BCUT2D eigenvalue weighted by Crippen LogP contribution is 2.35. The molecule has 1 unspecified atom stereocenters. The van der Waals surface area contributed by atoms with E-state index < -0.39 is 0 Å². The summed E-state index contributed by atoms with van der Waals surface area (Å²) < 4.78 is 17.4. The van der Waals surface area contributed by atoms with Gasteiger partial charge < -0.3 is 24.4 Å². The number of nitrogens with zero attached hydrogens (tertiary/aromatic N) is 2. The molecule has 172 valence electrons. The maximum atomic E-state index is 5.97. The van der Waals surface area contributed by atoms with Crippen molar-refractivity contribution in [3.63, 3.8) is 0 Å². The van der Waals surface area contributed by atoms with Crippen LogP contribution in [0.2, 0.25) is 0 Å². The molecule has 2 aliphatic heterocycles. The van der Waals surface area contributed by atoms with E-state index in [1.54, 1.807) is 0 Å². The standard InChI is InChI=1S/C26H35N3O3/c1-26(2,22-9-10-23-24(15-22)32-14-13-31-23)19-28-25(27-3)29-12-11-21(16-29)18-30-17-20-7-5-4-6-8-20/h4-10,15,21H,11-14,16-19H2,1-3H3,(H,27,28). The van der Waals surface area contributed by atoms with Crippen LogP contribution in [-0.2, 0) is 16.8 Å². The van der Waals surface area contributed by atoms with Gasteiger partial charge in [-0.1, -0.05) is 50.2 Å². The quantitative estimate of drug-likeness (QED) is 0.527. The number of hydrogen-bond acceptors (Lipinski definition) is 4. The second kappa shape index (κ2) is 10.3. The molecular formula is C26H35N3O3. The summed E-state index contributed by atoms with van der Waals surface area (Å²) in [4.78, 5) is 6.89. The second-order valence-electron chi connectivity index (χ2n) is 9.24. The van der Waals surface area contributed by atoms with E-state index in [0.29, 0.717) is 25.7 Å². The van der Waals surface area contributed by atoms with Gasteiger partial charge in [0.15, 0.2) is 17.5 Å². The number of rotatable bonds is 7. The van der Waals surface area contributed by atoms with Crippen LogP contribution >= 0.6 is 0 Å². The van der Waals surface area contributed by atoms with Gasteiger partial charge in [-0.25, -0.2) is 0 Å². The Balaban J connectivity index is 1.27. The van der Waals surface area contributed by atoms with Crippen molar-refractivity contribution >= 4 is 5.96 Å². The number of likely N-dealkylation sites (tertiary alicyclic amines) is 1. The highest BCUT2D eigenvalue weighted by Gasteiger charge is 2.28. The molecule has 0 aliphatic carbocycles. The Bertz CT molecular complexity index is 914. The highest BCUT2D eigenvalue weighted by molar-refractivity contribution is 5.80. The average Bonchev–Trinajstić information content (AvgIpc) is 3.28. The number of fused-ring (bicyclic) bond motifs is 1. The normalized spacial score (nSPS) is 18.7. The number of aliphatic imine (C=N–C) groups is 1. The Morgan fingerprint density at radius 2 is 1.91 bits per heavy atom. The van der Waals surface area contributed by atoms with Crippen molar-refractivity contribution in [2.75, 3.05) is 46.5 Å². The summed E-state index contributed by atoms with van der Waals surface area (Å²) in [7, 11) is 1.86. The van der Waals surface area contributed by atoms with Gasteiger partial charge in [0, 0.05) is 38.0 Å². The largest absolute Gasteiger partial charge is 0.486 e. The molecule has 0 amide bonds. The summed E-state index contributed by atoms with van der Waals surface area (Å²) in [6.45, 7) is 9.91. The summed E-state index contributed by atoms with van der Waals surface area (Å²) in [5, 5.41) is 3.60. The molecule has 2 aromatic rings. The Hall–Kier alpha value is -2.73. The van der Waals surface area contributed by atoms with E-state index in [9.17, 15) is 0 Å². The van der Waals surface area contributed by atoms with Gasteiger partial charge in [0.05, 0.1) is 13.2 Å². The number of nitrogens with one attached hydrogen (secondary N) is 1. The Kier molecular flexibility index (Phi) is 7.20. The van der Waals surface area contributed by atoms with Crippen molar-refractivity contribution in [3.05, 3.63) is 59.7 Å². The zero-order valence-electron chi connectivity index (χ0n) is 19.5. The maximum absolute atomic E-state index is 5.97. The molecule has 2 aliphatic rings. The molecule has 0 bridgehead atoms. The summed E-state index contributed by atoms with van der Waals surface area (Å²) in [6, 6.07) is 16.6. The van der Waals surface area contributed by atoms with Gasteiger partial charge in [-0.15, -0.1) is 0 Å². The van der Waals surface area contributed by atoms with Crippen molar-refractivity contribution < 1.29 is 14.2 Å². The lowest BCUT2D eigenvalue weighted by Crippen LogP contribution is -2.45. The van der Waals surface area contributed by atoms with Gasteiger partial charge in [0.25, 0.3) is 0 Å². The second-order valence-corrected chi connectivity index (χ2v) is 9.24. The average molecular weight is 438 g/mol. The predicted octanol–water partition coefficient (Wildman–Crippen LogP) is 3.85. The fourth-order valence-electron chi connectivity index (χ4n) is 4.28. The molecule has 2 aromatic carbocycles. The minimum Gasteiger partial charge on any atom is -0.486 e. The lowest BCUT2D eigenvalue weighted by Gasteiger charge is -2.30. The molecule has 1 saturated heterocycles. The van der Waals surface area contributed by atoms with Crippen LogP contribution in [0.25, 0.3) is 0 Å². The zero-order chi connectivity index (χ0) is 22.4. The van der Waals surface area contributed by atoms with Crippen LogP contribution in [0, 0.1) is 5.92 Å². The van der Waals surface area contributed by atoms with E-state index in [0.717, 1.165) is 50.1 Å². The van der Waals surface area contributed by atoms with E-state index in [-0.39, 0.29) is 5.41 Å². The van der Waals surface area contributed by atoms with Crippen LogP contribution in [0.3, 0.4) is 0 Å². The number of hydrogen-bond donors (Lipinski definition) is 1. The Morgan fingerprint density at radius 3 is 2.69 bits per heavy atom.